The van der Waals surface area contributed by atoms with E-state index in [0.29, 0.717) is 22.7 Å². The Morgan fingerprint density at radius 1 is 0.552 bits per heavy atom. The average Bonchev–Trinajstić information content (AvgIpc) is 3.98. The quantitative estimate of drug-likeness (QED) is 0.161. The molecule has 0 radical (unpaired) electrons. The molecule has 0 fully saturated rings. The van der Waals surface area contributed by atoms with Crippen molar-refractivity contribution >= 4 is 76.9 Å². The number of rotatable bonds is 7. The molecule has 0 N–H and O–H groups in total. The molecule has 1 aliphatic heterocycles. The molecular weight excluding hydrogens is 747 g/mol. The Morgan fingerprint density at radius 2 is 1.24 bits per heavy atom. The minimum atomic E-state index is 0.416. The summed E-state index contributed by atoms with van der Waals surface area (Å²) in [6.45, 7) is 2.27. The summed E-state index contributed by atoms with van der Waals surface area (Å²) >= 11 is 3.75. The Bertz CT molecular complexity index is 3250. The number of nitrogens with zero attached hydrogens (tertiary/aromatic N) is 3. The van der Waals surface area contributed by atoms with Gasteiger partial charge in [0.1, 0.15) is 11.2 Å². The second kappa shape index (κ2) is 14.4. The van der Waals surface area contributed by atoms with Crippen LogP contribution in [0.25, 0.3) is 99.1 Å². The van der Waals surface area contributed by atoms with Crippen molar-refractivity contribution in [3.05, 3.63) is 181 Å². The van der Waals surface area contributed by atoms with Crippen LogP contribution in [0.5, 0.6) is 0 Å². The minimum Gasteiger partial charge on any atom is -0.456 e. The third-order valence-electron chi connectivity index (χ3n) is 11.1. The highest BCUT2D eigenvalue weighted by Crippen LogP contribution is 2.47. The number of aromatic nitrogens is 3. The summed E-state index contributed by atoms with van der Waals surface area (Å²) in [6, 6.07) is 55.2. The lowest BCUT2D eigenvalue weighted by Gasteiger charge is -2.13. The Hall–Kier alpha value is -6.60. The van der Waals surface area contributed by atoms with E-state index in [2.05, 4.69) is 165 Å². The number of fused-ring (bicyclic) bond motifs is 7. The molecule has 11 rings (SSSR count). The predicted molar refractivity (Wildman–Crippen MR) is 245 cm³/mol. The van der Waals surface area contributed by atoms with Gasteiger partial charge < -0.3 is 4.42 Å². The van der Waals surface area contributed by atoms with Crippen LogP contribution < -0.4 is 0 Å². The number of para-hydroxylation sites is 1. The molecule has 3 aromatic heterocycles. The number of benzene rings is 7. The second-order valence-corrected chi connectivity index (χ2v) is 16.8. The first-order valence-electron chi connectivity index (χ1n) is 19.6. The van der Waals surface area contributed by atoms with E-state index in [9.17, 15) is 0 Å². The molecule has 0 saturated carbocycles. The highest BCUT2D eigenvalue weighted by molar-refractivity contribution is 8.00. The maximum absolute atomic E-state index is 6.49. The zero-order valence-electron chi connectivity index (χ0n) is 31.6. The molecule has 0 saturated heterocycles. The molecule has 0 aliphatic carbocycles. The first-order chi connectivity index (χ1) is 28.7. The van der Waals surface area contributed by atoms with Gasteiger partial charge in [0.15, 0.2) is 17.5 Å². The molecule has 58 heavy (non-hydrogen) atoms. The molecule has 7 aromatic carbocycles. The van der Waals surface area contributed by atoms with Crippen LogP contribution in [0.1, 0.15) is 24.5 Å². The summed E-state index contributed by atoms with van der Waals surface area (Å²) in [5.41, 5.74) is 10.4. The highest BCUT2D eigenvalue weighted by atomic mass is 32.2. The fourth-order valence-corrected chi connectivity index (χ4v) is 10.7. The normalized spacial score (nSPS) is 14.8. The van der Waals surface area contributed by atoms with E-state index in [4.69, 9.17) is 19.4 Å². The lowest BCUT2D eigenvalue weighted by molar-refractivity contribution is 0.669. The highest BCUT2D eigenvalue weighted by Gasteiger charge is 2.26. The Balaban J connectivity index is 1.15. The van der Waals surface area contributed by atoms with Crippen LogP contribution in [-0.4, -0.2) is 20.2 Å². The van der Waals surface area contributed by atoms with E-state index >= 15 is 0 Å². The largest absolute Gasteiger partial charge is 0.456 e. The lowest BCUT2D eigenvalue weighted by atomic mass is 9.97. The van der Waals surface area contributed by atoms with E-state index < -0.39 is 0 Å². The molecule has 1 atom stereocenters. The van der Waals surface area contributed by atoms with Crippen LogP contribution >= 0.6 is 23.1 Å². The third kappa shape index (κ3) is 5.96. The number of allylic oxidation sites excluding steroid dienone is 2. The number of furan rings is 1. The number of thiophene rings is 1. The van der Waals surface area contributed by atoms with Crippen LogP contribution in [0.3, 0.4) is 0 Å². The molecule has 276 valence electrons. The van der Waals surface area contributed by atoms with Gasteiger partial charge in [-0.05, 0) is 64.6 Å². The topological polar surface area (TPSA) is 51.8 Å². The van der Waals surface area contributed by atoms with Crippen LogP contribution in [0.4, 0.5) is 0 Å². The fourth-order valence-electron chi connectivity index (χ4n) is 8.31. The van der Waals surface area contributed by atoms with Crippen molar-refractivity contribution in [2.24, 2.45) is 0 Å². The van der Waals surface area contributed by atoms with Gasteiger partial charge in [0, 0.05) is 57.8 Å². The monoisotopic (exact) mass is 781 g/mol. The average molecular weight is 782 g/mol. The van der Waals surface area contributed by atoms with Gasteiger partial charge in [0.25, 0.3) is 0 Å². The van der Waals surface area contributed by atoms with Gasteiger partial charge in [0.05, 0.1) is 0 Å². The van der Waals surface area contributed by atoms with Crippen molar-refractivity contribution < 1.29 is 4.42 Å². The summed E-state index contributed by atoms with van der Waals surface area (Å²) in [6.07, 6.45) is 7.74. The molecule has 1 unspecified atom stereocenters. The van der Waals surface area contributed by atoms with Gasteiger partial charge in [-0.25, -0.2) is 15.0 Å². The first-order valence-corrected chi connectivity index (χ1v) is 21.3. The summed E-state index contributed by atoms with van der Waals surface area (Å²) in [7, 11) is 0. The van der Waals surface area contributed by atoms with E-state index in [1.807, 2.05) is 30.0 Å². The van der Waals surface area contributed by atoms with E-state index in [1.165, 1.54) is 30.8 Å². The standard InChI is InChI=1S/C52H35N3OS2/c1-2-43-36(37-17-7-10-23-44(37)57-43)20-12-16-34-30-31-42-49(38-18-6-9-22-41(38)56-42)47(34)52-54-50(35-28-26-33(27-29-35)32-14-4-3-5-15-32)53-51(55-52)40-21-13-25-46-48(40)39-19-8-11-24-45(39)58-46/h3-31,43H,2H2,1H3/b16-12+,36-20-. The minimum absolute atomic E-state index is 0.416. The van der Waals surface area contributed by atoms with Gasteiger partial charge in [-0.1, -0.05) is 153 Å². The van der Waals surface area contributed by atoms with Crippen LogP contribution in [0.2, 0.25) is 0 Å². The molecule has 4 heterocycles. The second-order valence-electron chi connectivity index (χ2n) is 14.5. The molecule has 0 amide bonds. The van der Waals surface area contributed by atoms with Crippen LogP contribution in [-0.2, 0) is 0 Å². The van der Waals surface area contributed by atoms with Crippen molar-refractivity contribution in [1.29, 1.82) is 0 Å². The molecule has 4 nitrogen and oxygen atoms in total. The van der Waals surface area contributed by atoms with E-state index in [-0.39, 0.29) is 0 Å². The SMILES string of the molecule is CCC1Sc2ccccc2/C1=C/C=C/c1ccc2oc3ccccc3c2c1-c1nc(-c2ccc(-c3ccccc3)cc2)nc(-c2cccc3sc4ccccc4c23)n1. The van der Waals surface area contributed by atoms with Crippen molar-refractivity contribution in [2.45, 2.75) is 23.5 Å². The van der Waals surface area contributed by atoms with Crippen molar-refractivity contribution in [3.63, 3.8) is 0 Å². The molecule has 10 aromatic rings. The Morgan fingerprint density at radius 3 is 2.12 bits per heavy atom. The Labute approximate surface area is 344 Å². The van der Waals surface area contributed by atoms with Gasteiger partial charge in [-0.15, -0.1) is 23.1 Å². The lowest BCUT2D eigenvalue weighted by Crippen LogP contribution is -2.02. The predicted octanol–water partition coefficient (Wildman–Crippen LogP) is 14.8. The Kier molecular flexibility index (Phi) is 8.60. The summed E-state index contributed by atoms with van der Waals surface area (Å²) in [5.74, 6) is 1.85. The van der Waals surface area contributed by atoms with Gasteiger partial charge in [0.2, 0.25) is 0 Å². The molecular formula is C52H35N3OS2. The smallest absolute Gasteiger partial charge is 0.165 e. The van der Waals surface area contributed by atoms with Gasteiger partial charge in [-0.3, -0.25) is 0 Å². The maximum Gasteiger partial charge on any atom is 0.165 e. The zero-order chi connectivity index (χ0) is 38.6. The summed E-state index contributed by atoms with van der Waals surface area (Å²) in [4.78, 5) is 17.4. The number of thioether (sulfide) groups is 1. The third-order valence-corrected chi connectivity index (χ3v) is 13.7. The number of hydrogen-bond donors (Lipinski definition) is 0. The molecule has 1 aliphatic rings. The van der Waals surface area contributed by atoms with E-state index in [1.54, 1.807) is 11.3 Å². The zero-order valence-corrected chi connectivity index (χ0v) is 33.2. The van der Waals surface area contributed by atoms with Gasteiger partial charge >= 0.3 is 0 Å². The van der Waals surface area contributed by atoms with Crippen molar-refractivity contribution in [2.75, 3.05) is 0 Å². The summed E-state index contributed by atoms with van der Waals surface area (Å²) < 4.78 is 8.93. The first kappa shape index (κ1) is 34.6. The molecule has 6 heteroatoms. The molecule has 0 bridgehead atoms. The van der Waals surface area contributed by atoms with Crippen LogP contribution in [0.15, 0.2) is 179 Å². The van der Waals surface area contributed by atoms with Crippen LogP contribution in [0, 0.1) is 0 Å². The van der Waals surface area contributed by atoms with Crippen molar-refractivity contribution in [1.82, 2.24) is 15.0 Å². The number of hydrogen-bond acceptors (Lipinski definition) is 6. The maximum atomic E-state index is 6.49. The van der Waals surface area contributed by atoms with E-state index in [0.717, 1.165) is 67.1 Å². The summed E-state index contributed by atoms with van der Waals surface area (Å²) in [5, 5.41) is 4.78. The fraction of sp³-hybridized carbons (Fsp3) is 0.0577. The molecule has 0 spiro atoms. The van der Waals surface area contributed by atoms with Crippen molar-refractivity contribution in [3.8, 4) is 45.3 Å². The van der Waals surface area contributed by atoms with Gasteiger partial charge in [-0.2, -0.15) is 0 Å².